The second kappa shape index (κ2) is 5.41. The molecule has 0 bridgehead atoms. The smallest absolute Gasteiger partial charge is 0.285 e. The van der Waals surface area contributed by atoms with E-state index in [1.807, 2.05) is 0 Å². The molecule has 2 rings (SSSR count). The zero-order chi connectivity index (χ0) is 15.1. The van der Waals surface area contributed by atoms with Crippen molar-refractivity contribution in [1.82, 2.24) is 0 Å². The monoisotopic (exact) mass is 318 g/mol. The molecule has 0 unspecified atom stereocenters. The first kappa shape index (κ1) is 16.0. The maximum Gasteiger partial charge on any atom is 0.285 e. The molecular formula is C12H26N2O4Si2. The van der Waals surface area contributed by atoms with Gasteiger partial charge in [0, 0.05) is 0 Å². The number of aliphatic imine (C=N–C) groups is 1. The van der Waals surface area contributed by atoms with Gasteiger partial charge in [-0.2, -0.15) is 4.99 Å². The molecule has 2 heterocycles. The summed E-state index contributed by atoms with van der Waals surface area (Å²) in [5.41, 5.74) is 5.62. The number of amidine groups is 1. The third-order valence-corrected chi connectivity index (χ3v) is 4.98. The fourth-order valence-electron chi connectivity index (χ4n) is 2.25. The summed E-state index contributed by atoms with van der Waals surface area (Å²) in [7, 11) is -3.31. The van der Waals surface area contributed by atoms with Gasteiger partial charge in [-0.25, -0.2) is 0 Å². The van der Waals surface area contributed by atoms with E-state index in [9.17, 15) is 0 Å². The molecule has 0 aromatic carbocycles. The maximum absolute atomic E-state index is 6.23. The highest BCUT2D eigenvalue weighted by molar-refractivity contribution is 6.70. The quantitative estimate of drug-likeness (QED) is 0.777. The Kier molecular flexibility index (Phi) is 4.32. The molecule has 1 saturated heterocycles. The predicted octanol–water partition coefficient (Wildman–Crippen LogP) is 1.50. The molecular weight excluding hydrogens is 292 g/mol. The summed E-state index contributed by atoms with van der Waals surface area (Å²) < 4.78 is 23.7. The summed E-state index contributed by atoms with van der Waals surface area (Å²) in [4.78, 5) is 4.17. The van der Waals surface area contributed by atoms with Crippen LogP contribution in [-0.2, 0) is 18.3 Å². The summed E-state index contributed by atoms with van der Waals surface area (Å²) in [5, 5.41) is 0. The molecule has 2 aliphatic heterocycles. The van der Waals surface area contributed by atoms with Gasteiger partial charge in [0.1, 0.15) is 12.2 Å². The first-order valence-corrected chi connectivity index (χ1v) is 13.8. The fraction of sp³-hybridized carbons (Fsp3) is 0.917. The van der Waals surface area contributed by atoms with Gasteiger partial charge in [-0.15, -0.1) is 0 Å². The van der Waals surface area contributed by atoms with Crippen molar-refractivity contribution in [2.45, 2.75) is 63.8 Å². The minimum atomic E-state index is -1.72. The Bertz CT molecular complexity index is 392. The lowest BCUT2D eigenvalue weighted by Crippen LogP contribution is -2.46. The van der Waals surface area contributed by atoms with Crippen molar-refractivity contribution in [3.05, 3.63) is 0 Å². The molecule has 0 radical (unpaired) electrons. The van der Waals surface area contributed by atoms with Crippen molar-refractivity contribution < 1.29 is 18.3 Å². The molecule has 2 aliphatic rings. The van der Waals surface area contributed by atoms with Gasteiger partial charge in [0.25, 0.3) is 6.02 Å². The van der Waals surface area contributed by atoms with Crippen LogP contribution in [0.25, 0.3) is 0 Å². The van der Waals surface area contributed by atoms with E-state index in [1.165, 1.54) is 0 Å². The molecule has 0 saturated carbocycles. The van der Waals surface area contributed by atoms with Crippen LogP contribution in [0, 0.1) is 0 Å². The summed E-state index contributed by atoms with van der Waals surface area (Å²) in [6.45, 7) is 13.4. The van der Waals surface area contributed by atoms with E-state index >= 15 is 0 Å². The van der Waals surface area contributed by atoms with Crippen molar-refractivity contribution in [1.29, 1.82) is 0 Å². The van der Waals surface area contributed by atoms with Crippen LogP contribution >= 0.6 is 0 Å². The topological polar surface area (TPSA) is 75.3 Å². The van der Waals surface area contributed by atoms with Gasteiger partial charge in [-0.3, -0.25) is 0 Å². The van der Waals surface area contributed by atoms with E-state index in [4.69, 9.17) is 24.1 Å². The number of fused-ring (bicyclic) bond motifs is 1. The van der Waals surface area contributed by atoms with Crippen LogP contribution in [-0.4, -0.2) is 53.8 Å². The number of nitrogens with zero attached hydrogens (tertiary/aromatic N) is 1. The number of hydrogen-bond donors (Lipinski definition) is 1. The standard InChI is InChI=1S/C12H26N2O4Si2/c1-19(2,3)15-7-8-9(18-20(4,5)6)10-11(16-8)14-12(13)17-10/h8-11H,7H2,1-6H3,(H2,13,14)/t8-,9-,10+,11-/m0/s1. The van der Waals surface area contributed by atoms with Crippen molar-refractivity contribution in [2.24, 2.45) is 10.7 Å². The Hall–Kier alpha value is -0.416. The molecule has 1 fully saturated rings. The third kappa shape index (κ3) is 4.04. The fourth-order valence-corrected chi connectivity index (χ4v) is 4.02. The number of nitrogens with two attached hydrogens (primary N) is 1. The van der Waals surface area contributed by atoms with Crippen LogP contribution in [0.1, 0.15) is 0 Å². The van der Waals surface area contributed by atoms with E-state index in [-0.39, 0.29) is 30.6 Å². The van der Waals surface area contributed by atoms with Gasteiger partial charge < -0.3 is 24.1 Å². The number of hydrogen-bond acceptors (Lipinski definition) is 6. The molecule has 6 nitrogen and oxygen atoms in total. The van der Waals surface area contributed by atoms with Crippen molar-refractivity contribution >= 4 is 22.7 Å². The van der Waals surface area contributed by atoms with Crippen molar-refractivity contribution in [2.75, 3.05) is 6.61 Å². The Morgan fingerprint density at radius 2 is 1.80 bits per heavy atom. The van der Waals surface area contributed by atoms with E-state index in [0.29, 0.717) is 6.61 Å². The molecule has 20 heavy (non-hydrogen) atoms. The lowest BCUT2D eigenvalue weighted by molar-refractivity contribution is -0.0109. The first-order chi connectivity index (χ1) is 9.05. The molecule has 116 valence electrons. The van der Waals surface area contributed by atoms with Crippen LogP contribution in [0.2, 0.25) is 39.3 Å². The van der Waals surface area contributed by atoms with E-state index < -0.39 is 16.6 Å². The van der Waals surface area contributed by atoms with Crippen LogP contribution in [0.15, 0.2) is 4.99 Å². The summed E-state index contributed by atoms with van der Waals surface area (Å²) in [5.74, 6) is 0. The summed E-state index contributed by atoms with van der Waals surface area (Å²) in [6.07, 6.45) is -0.892. The molecule has 8 heteroatoms. The first-order valence-electron chi connectivity index (χ1n) is 7.02. The number of rotatable bonds is 5. The van der Waals surface area contributed by atoms with Crippen LogP contribution in [0.5, 0.6) is 0 Å². The number of ether oxygens (including phenoxy) is 2. The van der Waals surface area contributed by atoms with E-state index in [0.717, 1.165) is 0 Å². The SMILES string of the molecule is C[Si](C)(C)OC[C@@H]1O[C@@H]2N=C(N)O[C@@H]2[C@H]1O[Si](C)(C)C. The Morgan fingerprint density at radius 3 is 2.35 bits per heavy atom. The molecule has 0 aromatic heterocycles. The molecule has 0 aromatic rings. The van der Waals surface area contributed by atoms with Gasteiger partial charge >= 0.3 is 0 Å². The summed E-state index contributed by atoms with van der Waals surface area (Å²) >= 11 is 0. The highest BCUT2D eigenvalue weighted by atomic mass is 28.4. The second-order valence-electron chi connectivity index (χ2n) is 7.23. The normalized spacial score (nSPS) is 33.8. The lowest BCUT2D eigenvalue weighted by atomic mass is 10.1. The Labute approximate surface area is 122 Å². The lowest BCUT2D eigenvalue weighted by Gasteiger charge is -2.30. The molecule has 0 amide bonds. The maximum atomic E-state index is 6.23. The van der Waals surface area contributed by atoms with Gasteiger partial charge in [0.2, 0.25) is 0 Å². The molecule has 4 atom stereocenters. The minimum Gasteiger partial charge on any atom is -0.454 e. The van der Waals surface area contributed by atoms with Crippen LogP contribution in [0.3, 0.4) is 0 Å². The largest absolute Gasteiger partial charge is 0.454 e. The van der Waals surface area contributed by atoms with Gasteiger partial charge in [-0.05, 0) is 39.3 Å². The van der Waals surface area contributed by atoms with E-state index in [1.54, 1.807) is 0 Å². The van der Waals surface area contributed by atoms with Crippen molar-refractivity contribution in [3.8, 4) is 0 Å². The average molecular weight is 319 g/mol. The summed E-state index contributed by atoms with van der Waals surface area (Å²) in [6, 6.07) is 0.189. The Morgan fingerprint density at radius 1 is 1.15 bits per heavy atom. The zero-order valence-corrected chi connectivity index (χ0v) is 15.2. The van der Waals surface area contributed by atoms with Crippen molar-refractivity contribution in [3.63, 3.8) is 0 Å². The third-order valence-electron chi connectivity index (χ3n) is 2.97. The minimum absolute atomic E-state index is 0.139. The van der Waals surface area contributed by atoms with Gasteiger partial charge in [0.15, 0.2) is 29.0 Å². The van der Waals surface area contributed by atoms with Gasteiger partial charge in [-0.1, -0.05) is 0 Å². The van der Waals surface area contributed by atoms with E-state index in [2.05, 4.69) is 44.3 Å². The van der Waals surface area contributed by atoms with Crippen LogP contribution in [0.4, 0.5) is 0 Å². The Balaban J connectivity index is 2.05. The molecule has 2 N–H and O–H groups in total. The van der Waals surface area contributed by atoms with Crippen LogP contribution < -0.4 is 5.73 Å². The highest BCUT2D eigenvalue weighted by Crippen LogP contribution is 2.33. The zero-order valence-electron chi connectivity index (χ0n) is 13.2. The molecule has 0 spiro atoms. The second-order valence-corrected chi connectivity index (χ2v) is 16.2. The average Bonchev–Trinajstić information content (AvgIpc) is 2.71. The predicted molar refractivity (Wildman–Crippen MR) is 82.7 cm³/mol. The van der Waals surface area contributed by atoms with Gasteiger partial charge in [0.05, 0.1) is 6.61 Å². The highest BCUT2D eigenvalue weighted by Gasteiger charge is 2.51. The molecule has 0 aliphatic carbocycles.